The van der Waals surface area contributed by atoms with Gasteiger partial charge in [0.25, 0.3) is 5.91 Å². The number of esters is 1. The molecule has 0 bridgehead atoms. The Morgan fingerprint density at radius 1 is 1.21 bits per heavy atom. The minimum Gasteiger partial charge on any atom is -0.493 e. The minimum absolute atomic E-state index is 0.0380. The maximum absolute atomic E-state index is 12.3. The number of carbonyl (C=O) groups excluding carboxylic acids is 3. The van der Waals surface area contributed by atoms with Crippen LogP contribution in [-0.2, 0) is 19.1 Å². The zero-order chi connectivity index (χ0) is 21.2. The van der Waals surface area contributed by atoms with E-state index in [-0.39, 0.29) is 18.9 Å². The van der Waals surface area contributed by atoms with Crippen molar-refractivity contribution in [3.05, 3.63) is 52.2 Å². The van der Waals surface area contributed by atoms with E-state index >= 15 is 0 Å². The first-order valence-corrected chi connectivity index (χ1v) is 9.48. The van der Waals surface area contributed by atoms with Crippen LogP contribution in [0.2, 0.25) is 0 Å². The molecule has 1 aromatic carbocycles. The van der Waals surface area contributed by atoms with Crippen molar-refractivity contribution in [2.45, 2.75) is 12.5 Å². The number of hydrogen-bond donors (Lipinski definition) is 2. The molecule has 0 saturated heterocycles. The van der Waals surface area contributed by atoms with Crippen LogP contribution >= 0.6 is 11.3 Å². The second kappa shape index (κ2) is 10.9. The number of rotatable bonds is 10. The third kappa shape index (κ3) is 6.96. The Balaban J connectivity index is 2.06. The summed E-state index contributed by atoms with van der Waals surface area (Å²) < 4.78 is 15.2. The number of carbonyl (C=O) groups is 3. The fourth-order valence-corrected chi connectivity index (χ4v) is 3.19. The van der Waals surface area contributed by atoms with Crippen LogP contribution in [0.4, 0.5) is 0 Å². The summed E-state index contributed by atoms with van der Waals surface area (Å²) in [7, 11) is 2.77. The van der Waals surface area contributed by atoms with E-state index in [0.717, 1.165) is 4.88 Å². The van der Waals surface area contributed by atoms with Crippen LogP contribution in [0.3, 0.4) is 0 Å². The quantitative estimate of drug-likeness (QED) is 0.451. The van der Waals surface area contributed by atoms with Gasteiger partial charge in [-0.1, -0.05) is 12.1 Å². The van der Waals surface area contributed by atoms with E-state index in [1.807, 2.05) is 17.5 Å². The molecule has 0 spiro atoms. The Hall–Kier alpha value is -3.33. The van der Waals surface area contributed by atoms with Crippen molar-refractivity contribution in [2.75, 3.05) is 20.8 Å². The van der Waals surface area contributed by atoms with Crippen molar-refractivity contribution in [2.24, 2.45) is 5.73 Å². The van der Waals surface area contributed by atoms with E-state index in [2.05, 4.69) is 5.32 Å². The number of thiophene rings is 1. The van der Waals surface area contributed by atoms with Gasteiger partial charge in [-0.3, -0.25) is 14.4 Å². The number of primary amides is 1. The largest absolute Gasteiger partial charge is 0.493 e. The maximum atomic E-state index is 12.3. The number of benzene rings is 1. The lowest BCUT2D eigenvalue weighted by Crippen LogP contribution is -2.28. The molecule has 2 aromatic rings. The molecule has 1 unspecified atom stereocenters. The monoisotopic (exact) mass is 418 g/mol. The van der Waals surface area contributed by atoms with E-state index < -0.39 is 17.9 Å². The van der Waals surface area contributed by atoms with Crippen LogP contribution in [0.5, 0.6) is 11.5 Å². The van der Waals surface area contributed by atoms with Crippen LogP contribution in [0.25, 0.3) is 6.08 Å². The van der Waals surface area contributed by atoms with Crippen molar-refractivity contribution in [3.63, 3.8) is 0 Å². The van der Waals surface area contributed by atoms with Crippen LogP contribution in [0, 0.1) is 0 Å². The van der Waals surface area contributed by atoms with Gasteiger partial charge >= 0.3 is 5.97 Å². The lowest BCUT2D eigenvalue weighted by molar-refractivity contribution is -0.141. The van der Waals surface area contributed by atoms with Crippen LogP contribution in [0.1, 0.15) is 22.9 Å². The molecule has 1 heterocycles. The first-order chi connectivity index (χ1) is 13.9. The molecule has 29 heavy (non-hydrogen) atoms. The molecule has 2 amide bonds. The fourth-order valence-electron chi connectivity index (χ4n) is 2.41. The van der Waals surface area contributed by atoms with Gasteiger partial charge in [0.05, 0.1) is 26.7 Å². The minimum atomic E-state index is -0.597. The molecule has 8 nitrogen and oxygen atoms in total. The van der Waals surface area contributed by atoms with E-state index in [9.17, 15) is 14.4 Å². The molecule has 0 fully saturated rings. The molecule has 154 valence electrons. The highest BCUT2D eigenvalue weighted by atomic mass is 32.1. The van der Waals surface area contributed by atoms with E-state index in [1.165, 1.54) is 31.6 Å². The van der Waals surface area contributed by atoms with Gasteiger partial charge in [-0.05, 0) is 35.2 Å². The Kier molecular flexibility index (Phi) is 8.23. The van der Waals surface area contributed by atoms with Crippen LogP contribution in [-0.4, -0.2) is 38.6 Å². The molecule has 0 aliphatic rings. The van der Waals surface area contributed by atoms with Crippen molar-refractivity contribution in [1.29, 1.82) is 0 Å². The van der Waals surface area contributed by atoms with Gasteiger partial charge in [-0.25, -0.2) is 0 Å². The van der Waals surface area contributed by atoms with Crippen molar-refractivity contribution >= 4 is 35.2 Å². The molecular weight excluding hydrogens is 396 g/mol. The van der Waals surface area contributed by atoms with Crippen LogP contribution < -0.4 is 20.5 Å². The Morgan fingerprint density at radius 2 is 2.00 bits per heavy atom. The summed E-state index contributed by atoms with van der Waals surface area (Å²) in [5.41, 5.74) is 5.75. The molecular formula is C20H22N2O6S. The fraction of sp³-hybridized carbons (Fsp3) is 0.250. The lowest BCUT2D eigenvalue weighted by Gasteiger charge is -2.15. The van der Waals surface area contributed by atoms with Crippen molar-refractivity contribution in [3.8, 4) is 11.5 Å². The summed E-state index contributed by atoms with van der Waals surface area (Å²) in [6.07, 6.45) is 2.99. The highest BCUT2D eigenvalue weighted by Gasteiger charge is 2.19. The first-order valence-electron chi connectivity index (χ1n) is 8.61. The molecule has 1 atom stereocenters. The van der Waals surface area contributed by atoms with E-state index in [4.69, 9.17) is 19.9 Å². The van der Waals surface area contributed by atoms with E-state index in [0.29, 0.717) is 17.1 Å². The van der Waals surface area contributed by atoms with Gasteiger partial charge in [-0.15, -0.1) is 11.3 Å². The molecule has 0 saturated carbocycles. The topological polar surface area (TPSA) is 117 Å². The number of nitrogens with two attached hydrogens (primary N) is 1. The third-order valence-electron chi connectivity index (χ3n) is 3.79. The highest BCUT2D eigenvalue weighted by Crippen LogP contribution is 2.28. The first kappa shape index (κ1) is 22.0. The Morgan fingerprint density at radius 3 is 2.62 bits per heavy atom. The number of amides is 2. The summed E-state index contributed by atoms with van der Waals surface area (Å²) in [4.78, 5) is 35.7. The number of nitrogens with one attached hydrogen (secondary N) is 1. The van der Waals surface area contributed by atoms with Crippen LogP contribution in [0.15, 0.2) is 41.8 Å². The molecule has 0 aliphatic heterocycles. The van der Waals surface area contributed by atoms with Crippen molar-refractivity contribution in [1.82, 2.24) is 5.32 Å². The predicted molar refractivity (Wildman–Crippen MR) is 109 cm³/mol. The average Bonchev–Trinajstić information content (AvgIpc) is 3.25. The zero-order valence-corrected chi connectivity index (χ0v) is 16.9. The Bertz CT molecular complexity index is 879. The van der Waals surface area contributed by atoms with Crippen molar-refractivity contribution < 1.29 is 28.6 Å². The summed E-state index contributed by atoms with van der Waals surface area (Å²) in [6, 6.07) is 8.20. The van der Waals surface area contributed by atoms with Gasteiger partial charge in [0.1, 0.15) is 0 Å². The second-order valence-corrected chi connectivity index (χ2v) is 6.83. The highest BCUT2D eigenvalue weighted by molar-refractivity contribution is 7.10. The number of ether oxygens (including phenoxy) is 3. The van der Waals surface area contributed by atoms with Gasteiger partial charge in [0.2, 0.25) is 5.91 Å². The number of methoxy groups -OCH3 is 2. The normalized spacial score (nSPS) is 11.7. The van der Waals surface area contributed by atoms with Gasteiger partial charge in [0, 0.05) is 11.0 Å². The standard InChI is InChI=1S/C20H22N2O6S/c1-26-16-10-13(5-7-15(16)28-12-18(21)23)6-8-19(24)22-14(11-20(25)27-2)17-4-3-9-29-17/h3-10,14H,11-12H2,1-2H3,(H2,21,23)(H,22,24)/b8-6+. The SMILES string of the molecule is COC(=O)CC(NC(=O)/C=C/c1ccc(OCC(N)=O)c(OC)c1)c1cccs1. The molecule has 3 N–H and O–H groups in total. The lowest BCUT2D eigenvalue weighted by atomic mass is 10.1. The molecule has 2 rings (SSSR count). The number of hydrogen-bond acceptors (Lipinski definition) is 7. The van der Waals surface area contributed by atoms with E-state index in [1.54, 1.807) is 24.3 Å². The average molecular weight is 418 g/mol. The Labute approximate surface area is 172 Å². The van der Waals surface area contributed by atoms with Gasteiger partial charge in [0.15, 0.2) is 18.1 Å². The smallest absolute Gasteiger partial charge is 0.307 e. The van der Waals surface area contributed by atoms with Gasteiger partial charge < -0.3 is 25.3 Å². The predicted octanol–water partition coefficient (Wildman–Crippen LogP) is 2.05. The summed E-state index contributed by atoms with van der Waals surface area (Å²) >= 11 is 1.44. The molecule has 9 heteroatoms. The molecule has 1 aromatic heterocycles. The summed E-state index contributed by atoms with van der Waals surface area (Å²) in [6.45, 7) is -0.266. The summed E-state index contributed by atoms with van der Waals surface area (Å²) in [5.74, 6) is -0.607. The second-order valence-electron chi connectivity index (χ2n) is 5.86. The van der Waals surface area contributed by atoms with Gasteiger partial charge in [-0.2, -0.15) is 0 Å². The summed E-state index contributed by atoms with van der Waals surface area (Å²) in [5, 5.41) is 4.67. The third-order valence-corrected chi connectivity index (χ3v) is 4.77. The molecule has 0 aliphatic carbocycles. The zero-order valence-electron chi connectivity index (χ0n) is 16.0. The maximum Gasteiger partial charge on any atom is 0.307 e. The molecule has 0 radical (unpaired) electrons.